The molecule has 0 radical (unpaired) electrons. The van der Waals surface area contributed by atoms with Gasteiger partial charge in [0.25, 0.3) is 5.91 Å². The summed E-state index contributed by atoms with van der Waals surface area (Å²) in [7, 11) is 0. The zero-order chi connectivity index (χ0) is 7.72. The molecule has 1 aromatic heterocycles. The fraction of sp³-hybridized carbons (Fsp3) is 0.200. The largest absolute Gasteiger partial charge is 0.365 e. The van der Waals surface area contributed by atoms with Gasteiger partial charge >= 0.3 is 4.87 Å². The maximum atomic E-state index is 10.6. The summed E-state index contributed by atoms with van der Waals surface area (Å²) in [5.74, 6) is -0.555. The molecule has 0 bridgehead atoms. The van der Waals surface area contributed by atoms with Gasteiger partial charge in [-0.15, -0.1) is 0 Å². The molecule has 0 aliphatic rings. The van der Waals surface area contributed by atoms with E-state index < -0.39 is 5.91 Å². The monoisotopic (exact) mass is 158 g/mol. The number of aryl methyl sites for hydroxylation is 1. The Bertz CT molecular complexity index is 312. The zero-order valence-corrected chi connectivity index (χ0v) is 6.12. The number of thiazole rings is 1. The molecule has 0 saturated heterocycles. The van der Waals surface area contributed by atoms with Crippen LogP contribution in [0.3, 0.4) is 0 Å². The maximum absolute atomic E-state index is 10.6. The van der Waals surface area contributed by atoms with Crippen LogP contribution in [0.2, 0.25) is 0 Å². The number of aromatic amines is 1. The summed E-state index contributed by atoms with van der Waals surface area (Å²) < 4.78 is 0. The van der Waals surface area contributed by atoms with Crippen molar-refractivity contribution < 1.29 is 4.79 Å². The first-order valence-electron chi connectivity index (χ1n) is 2.61. The van der Waals surface area contributed by atoms with Gasteiger partial charge in [0.15, 0.2) is 0 Å². The molecule has 1 aromatic rings. The van der Waals surface area contributed by atoms with Gasteiger partial charge in [-0.25, -0.2) is 0 Å². The van der Waals surface area contributed by atoms with E-state index in [-0.39, 0.29) is 4.87 Å². The van der Waals surface area contributed by atoms with Crippen LogP contribution in [0.1, 0.15) is 15.4 Å². The number of primary amides is 1. The number of carbonyl (C=O) groups excluding carboxylic acids is 1. The molecule has 0 aliphatic heterocycles. The first-order chi connectivity index (χ1) is 4.61. The molecule has 0 atom stereocenters. The predicted molar refractivity (Wildman–Crippen MR) is 38.2 cm³/mol. The lowest BCUT2D eigenvalue weighted by Crippen LogP contribution is -2.10. The first kappa shape index (κ1) is 7.01. The van der Waals surface area contributed by atoms with Gasteiger partial charge in [-0.1, -0.05) is 11.3 Å². The van der Waals surface area contributed by atoms with Crippen LogP contribution in [-0.4, -0.2) is 10.9 Å². The number of H-pyrrole nitrogens is 1. The van der Waals surface area contributed by atoms with E-state index in [1.807, 2.05) is 0 Å². The van der Waals surface area contributed by atoms with Crippen molar-refractivity contribution in [1.82, 2.24) is 4.98 Å². The highest BCUT2D eigenvalue weighted by Crippen LogP contribution is 2.05. The van der Waals surface area contributed by atoms with Crippen molar-refractivity contribution in [3.8, 4) is 0 Å². The third-order valence-electron chi connectivity index (χ3n) is 1.05. The van der Waals surface area contributed by atoms with Crippen molar-refractivity contribution in [2.75, 3.05) is 0 Å². The summed E-state index contributed by atoms with van der Waals surface area (Å²) in [5.41, 5.74) is 5.48. The quantitative estimate of drug-likeness (QED) is 0.596. The lowest BCUT2D eigenvalue weighted by atomic mass is 10.4. The highest BCUT2D eigenvalue weighted by atomic mass is 32.1. The SMILES string of the molecule is Cc1[nH]c(=O)sc1C(N)=O. The Balaban J connectivity index is 3.28. The molecular formula is C5H6N2O2S. The molecule has 0 unspecified atom stereocenters. The second-order valence-electron chi connectivity index (χ2n) is 1.83. The van der Waals surface area contributed by atoms with Crippen molar-refractivity contribution >= 4 is 17.2 Å². The molecule has 0 saturated carbocycles. The van der Waals surface area contributed by atoms with Gasteiger partial charge in [0.05, 0.1) is 0 Å². The van der Waals surface area contributed by atoms with Crippen LogP contribution in [0, 0.1) is 6.92 Å². The van der Waals surface area contributed by atoms with E-state index in [1.165, 1.54) is 0 Å². The Kier molecular flexibility index (Phi) is 1.58. The highest BCUT2D eigenvalue weighted by molar-refractivity contribution is 7.11. The Hall–Kier alpha value is -1.10. The van der Waals surface area contributed by atoms with Crippen molar-refractivity contribution in [1.29, 1.82) is 0 Å². The summed E-state index contributed by atoms with van der Waals surface area (Å²) in [4.78, 5) is 23.6. The van der Waals surface area contributed by atoms with Crippen molar-refractivity contribution in [2.24, 2.45) is 5.73 Å². The fourth-order valence-corrected chi connectivity index (χ4v) is 1.33. The molecule has 0 aromatic carbocycles. The van der Waals surface area contributed by atoms with Crippen LogP contribution in [0.5, 0.6) is 0 Å². The van der Waals surface area contributed by atoms with Crippen LogP contribution >= 0.6 is 11.3 Å². The molecule has 1 rings (SSSR count). The van der Waals surface area contributed by atoms with Crippen LogP contribution in [-0.2, 0) is 0 Å². The number of amides is 1. The van der Waals surface area contributed by atoms with E-state index in [9.17, 15) is 9.59 Å². The molecule has 1 heterocycles. The maximum Gasteiger partial charge on any atom is 0.305 e. The minimum Gasteiger partial charge on any atom is -0.365 e. The fourth-order valence-electron chi connectivity index (χ4n) is 0.640. The van der Waals surface area contributed by atoms with Crippen molar-refractivity contribution in [3.05, 3.63) is 20.2 Å². The third-order valence-corrected chi connectivity index (χ3v) is 2.05. The number of hydrogen-bond donors (Lipinski definition) is 2. The van der Waals surface area contributed by atoms with Gasteiger partial charge < -0.3 is 10.7 Å². The molecule has 0 aliphatic carbocycles. The Morgan fingerprint density at radius 1 is 1.70 bits per heavy atom. The number of carbonyl (C=O) groups is 1. The number of nitrogens with one attached hydrogen (secondary N) is 1. The molecule has 5 heteroatoms. The third kappa shape index (κ3) is 1.08. The minimum absolute atomic E-state index is 0.244. The number of nitrogens with two attached hydrogens (primary N) is 1. The minimum atomic E-state index is -0.555. The summed E-state index contributed by atoms with van der Waals surface area (Å²) >= 11 is 0.837. The average Bonchev–Trinajstić information content (AvgIpc) is 2.10. The molecule has 10 heavy (non-hydrogen) atoms. The van der Waals surface area contributed by atoms with Gasteiger partial charge in [0.1, 0.15) is 4.88 Å². The van der Waals surface area contributed by atoms with Crippen molar-refractivity contribution in [3.63, 3.8) is 0 Å². The molecule has 4 nitrogen and oxygen atoms in total. The standard InChI is InChI=1S/C5H6N2O2S/c1-2-3(4(6)8)10-5(9)7-2/h1H3,(H2,6,8)(H,7,9). The second kappa shape index (κ2) is 2.26. The van der Waals surface area contributed by atoms with E-state index in [4.69, 9.17) is 5.73 Å². The van der Waals surface area contributed by atoms with E-state index in [2.05, 4.69) is 4.98 Å². The molecule has 0 fully saturated rings. The molecular weight excluding hydrogens is 152 g/mol. The topological polar surface area (TPSA) is 75.9 Å². The molecule has 54 valence electrons. The lowest BCUT2D eigenvalue weighted by Gasteiger charge is -1.86. The van der Waals surface area contributed by atoms with E-state index in [0.29, 0.717) is 10.6 Å². The van der Waals surface area contributed by atoms with Gasteiger partial charge in [0.2, 0.25) is 0 Å². The first-order valence-corrected chi connectivity index (χ1v) is 3.42. The summed E-state index contributed by atoms with van der Waals surface area (Å²) in [6.07, 6.45) is 0. The Morgan fingerprint density at radius 3 is 2.50 bits per heavy atom. The Labute approximate surface area is 60.7 Å². The molecule has 3 N–H and O–H groups in total. The van der Waals surface area contributed by atoms with Crippen LogP contribution in [0.25, 0.3) is 0 Å². The summed E-state index contributed by atoms with van der Waals surface area (Å²) in [6, 6.07) is 0. The van der Waals surface area contributed by atoms with Gasteiger partial charge in [0, 0.05) is 5.69 Å². The van der Waals surface area contributed by atoms with E-state index in [1.54, 1.807) is 6.92 Å². The molecule has 1 amide bonds. The van der Waals surface area contributed by atoms with E-state index in [0.717, 1.165) is 11.3 Å². The zero-order valence-electron chi connectivity index (χ0n) is 5.30. The number of hydrogen-bond acceptors (Lipinski definition) is 3. The molecule has 0 spiro atoms. The summed E-state index contributed by atoms with van der Waals surface area (Å²) in [5, 5.41) is 0. The number of aromatic nitrogens is 1. The van der Waals surface area contributed by atoms with Gasteiger partial charge in [-0.05, 0) is 6.92 Å². The predicted octanol–water partition coefficient (Wildman–Crippen LogP) is -0.156. The van der Waals surface area contributed by atoms with Crippen LogP contribution in [0.4, 0.5) is 0 Å². The smallest absolute Gasteiger partial charge is 0.305 e. The normalized spacial score (nSPS) is 9.70. The van der Waals surface area contributed by atoms with Crippen LogP contribution in [0.15, 0.2) is 4.79 Å². The Morgan fingerprint density at radius 2 is 2.30 bits per heavy atom. The van der Waals surface area contributed by atoms with E-state index >= 15 is 0 Å². The number of rotatable bonds is 1. The lowest BCUT2D eigenvalue weighted by molar-refractivity contribution is 0.100. The average molecular weight is 158 g/mol. The van der Waals surface area contributed by atoms with Crippen molar-refractivity contribution in [2.45, 2.75) is 6.92 Å². The summed E-state index contributed by atoms with van der Waals surface area (Å²) in [6.45, 7) is 1.64. The second-order valence-corrected chi connectivity index (χ2v) is 2.82. The van der Waals surface area contributed by atoms with Crippen LogP contribution < -0.4 is 10.6 Å². The van der Waals surface area contributed by atoms with Gasteiger partial charge in [-0.3, -0.25) is 9.59 Å². The highest BCUT2D eigenvalue weighted by Gasteiger charge is 2.07. The van der Waals surface area contributed by atoms with Gasteiger partial charge in [-0.2, -0.15) is 0 Å².